The quantitative estimate of drug-likeness (QED) is 0.00440. The topological polar surface area (TPSA) is 441 Å². The smallest absolute Gasteiger partial charge is 1.00 e. The van der Waals surface area contributed by atoms with Crippen LogP contribution in [0.2, 0.25) is 39.3 Å². The number of imide groups is 1. The number of benzene rings is 8. The maximum Gasteiger partial charge on any atom is 1.00 e. The van der Waals surface area contributed by atoms with E-state index in [1.54, 1.807) is 68.8 Å². The zero-order valence-electron chi connectivity index (χ0n) is 93.7. The van der Waals surface area contributed by atoms with Gasteiger partial charge in [0.25, 0.3) is 12.0 Å². The minimum Gasteiger partial charge on any atom is -1.00 e. The zero-order valence-corrected chi connectivity index (χ0v) is 106. The second-order valence-corrected chi connectivity index (χ2v) is 55.7. The Kier molecular flexibility index (Phi) is 61.5. The SMILES string of the molecule is C#C[Si](C)(C)C.C#Cc1ccc(N)cc1.CC1(C)OB(/C=C/c2ccc(N)cc2)OC1(C)C.CC1(C)OB(/C=C/c2ccc(NS(C)(=O)=O)cc2)OC1(C)C.CC1(C)OBOC1(C)C.CO.COc1c(/C=C/c2ccc(NS(C)(=O)=O)cc2)cc(C2C=CC(=O)NC2=O)cc1C(C)(C)C.COc1c(I)cc(-n2ccc(=O)[nH]c2=O)cc1C(C)(C)C.C[Si](C)(C)C#Cc1ccc(N)cc1.Cc1ccc(N)cc1.ClCCl.O=CO[O-].[H-].[K+].[K+]. The normalized spacial score (nSPS) is 15.3. The van der Waals surface area contributed by atoms with Gasteiger partial charge in [0, 0.05) is 87.4 Å². The van der Waals surface area contributed by atoms with E-state index in [1.807, 2.05) is 248 Å². The Morgan fingerprint density at radius 2 is 0.927 bits per heavy atom. The molecule has 1 unspecified atom stereocenters. The van der Waals surface area contributed by atoms with Gasteiger partial charge in [-0.05, 0) is 261 Å². The van der Waals surface area contributed by atoms with Crippen LogP contribution in [0.4, 0.5) is 34.1 Å². The third kappa shape index (κ3) is 52.9. The van der Waals surface area contributed by atoms with Crippen LogP contribution in [-0.4, -0.2) is 161 Å². The number of hydrogen-bond acceptors (Lipinski definition) is 24. The molecule has 0 radical (unpaired) electrons. The van der Waals surface area contributed by atoms with E-state index in [2.05, 4.69) is 151 Å². The summed E-state index contributed by atoms with van der Waals surface area (Å²) in [5, 5.41) is 18.0. The summed E-state index contributed by atoms with van der Waals surface area (Å²) in [7, 11) is -4.95. The van der Waals surface area contributed by atoms with Crippen molar-refractivity contribution in [1.29, 1.82) is 0 Å². The van der Waals surface area contributed by atoms with Gasteiger partial charge in [-0.25, -0.2) is 21.6 Å². The van der Waals surface area contributed by atoms with Crippen LogP contribution in [0.15, 0.2) is 216 Å². The van der Waals surface area contributed by atoms with Crippen LogP contribution in [0.25, 0.3) is 30.0 Å². The summed E-state index contributed by atoms with van der Waals surface area (Å²) in [6.07, 6.45) is 24.6. The molecule has 1 aromatic heterocycles. The van der Waals surface area contributed by atoms with E-state index in [4.69, 9.17) is 112 Å². The average molecular weight is 2330 g/mol. The number of nitrogens with zero attached hydrogens (tertiary/aromatic N) is 1. The van der Waals surface area contributed by atoms with Gasteiger partial charge in [-0.3, -0.25) is 43.5 Å². The largest absolute Gasteiger partial charge is 1.00 e. The number of aliphatic hydroxyl groups excluding tert-OH is 1. The molecular formula is C109H149B3Cl2IK2N9O20S2Si2. The molecular weight excluding hydrogens is 2180 g/mol. The maximum atomic E-state index is 12.5. The number of nitrogens with two attached hydrogens (primary N) is 4. The van der Waals surface area contributed by atoms with Crippen molar-refractivity contribution < 1.29 is 188 Å². The number of amides is 2. The first-order valence-electron chi connectivity index (χ1n) is 46.6. The average Bonchev–Trinajstić information content (AvgIpc) is 1.73. The fourth-order valence-corrected chi connectivity index (χ4v) is 14.6. The van der Waals surface area contributed by atoms with Crippen LogP contribution in [0.3, 0.4) is 0 Å². The monoisotopic (exact) mass is 2330 g/mol. The van der Waals surface area contributed by atoms with Crippen molar-refractivity contribution in [2.24, 2.45) is 0 Å². The standard InChI is InChI=1S/C25H28N2O5S.C15H22BNO4S.C15H17IN2O3.C14H20BNO2.C11H15NSi.C8H7N.C7H9N.C6H13BO2.C5H10Si.CH2Cl2.CH2O3.CH4O.2K.H/c1-25(2,3)21-15-18(20-12-13-22(28)26-24(20)29)14-17(23(21)32-4)9-6-16-7-10-19(11-8-16)27-33(5,30)31;1-14(2)15(3,4)21-16(20-14)11-10-12-6-8-13(9-7-12)17-22(5,18)19;1-15(2,3)10-7-9(8-11(16)13(10)21-4)18-6-5-12(19)17-14(18)20;1-13(2)14(3,4)18-15(17-13)10-9-11-5-7-12(16)8-6-11;1-13(2,3)9-8-10-4-6-11(12)7-5-10;1-2-7-3-5-8(9)6-4-7;1-6-2-4-7(8)5-3-6;1-5(2)6(3,4)9-7-8-5;1-5-6(2,3)4;2-1-3;2-1-4-3;1-2;;;/h6-15,20,27H,1-5H3,(H,26,28,29);6-11,17H,1-5H3;5-8H,1-4H3,(H,17,19,20);5-10H,16H2,1-4H3;4-7H,12H2,1-3H3;1,3-6H,9H2;2-5H,8H2,1H3;7H,1-4H3;1H,2-4H3;1H2;1,3H;2H,1H3;;;/q;;;;;;;;;;;;2*+1;-1/p-1/b9-6+;11-10+;;10-9+;;;;;;;;;;;. The van der Waals surface area contributed by atoms with E-state index >= 15 is 0 Å². The molecule has 802 valence electrons. The number of anilines is 6. The number of nitrogens with one attached hydrogen (secondary N) is 4. The van der Waals surface area contributed by atoms with Crippen LogP contribution in [0, 0.1) is 46.3 Å². The number of hydrogen-bond donors (Lipinski definition) is 9. The molecule has 0 bridgehead atoms. The van der Waals surface area contributed by atoms with Gasteiger partial charge in [0.15, 0.2) is 0 Å². The van der Waals surface area contributed by atoms with Crippen molar-refractivity contribution >= 4 is 181 Å². The molecule has 8 aromatic carbocycles. The number of methoxy groups -OCH3 is 2. The van der Waals surface area contributed by atoms with E-state index in [0.29, 0.717) is 30.5 Å². The van der Waals surface area contributed by atoms with Gasteiger partial charge < -0.3 is 77.0 Å². The summed E-state index contributed by atoms with van der Waals surface area (Å²) in [6.45, 7) is 51.8. The number of sulfonamides is 2. The summed E-state index contributed by atoms with van der Waals surface area (Å²) >= 11 is 11.7. The molecule has 150 heavy (non-hydrogen) atoms. The Morgan fingerprint density at radius 3 is 1.25 bits per heavy atom. The number of rotatable bonds is 15. The van der Waals surface area contributed by atoms with Gasteiger partial charge in [0.05, 0.1) is 80.9 Å². The first-order chi connectivity index (χ1) is 68.3. The number of nitrogen functional groups attached to an aromatic ring is 4. The Hall–Kier alpha value is -8.12. The van der Waals surface area contributed by atoms with Crippen molar-refractivity contribution in [3.8, 4) is 53.0 Å². The number of carbonyl (C=O) groups excluding carboxylic acids is 3. The van der Waals surface area contributed by atoms with E-state index in [9.17, 15) is 36.0 Å². The third-order valence-electron chi connectivity index (χ3n) is 22.3. The summed E-state index contributed by atoms with van der Waals surface area (Å²) in [4.78, 5) is 60.6. The first kappa shape index (κ1) is 142. The molecule has 4 aliphatic rings. The number of carbonyl (C=O) groups is 3. The molecule has 41 heteroatoms. The Balaban J connectivity index is 0. The third-order valence-corrected chi connectivity index (χ3v) is 26.0. The molecule has 29 nitrogen and oxygen atoms in total. The van der Waals surface area contributed by atoms with Gasteiger partial charge in [-0.1, -0.05) is 195 Å². The number of halogens is 3. The summed E-state index contributed by atoms with van der Waals surface area (Å²) < 4.78 is 97.7. The zero-order chi connectivity index (χ0) is 113. The minimum atomic E-state index is -3.34. The maximum absolute atomic E-state index is 12.5. The Bertz CT molecular complexity index is 6380. The fraction of sp³-hybridized carbons (Fsp3) is 0.367. The van der Waals surface area contributed by atoms with Crippen molar-refractivity contribution in [3.05, 3.63) is 286 Å². The predicted molar refractivity (Wildman–Crippen MR) is 625 cm³/mol. The number of aromatic amines is 1. The predicted octanol–water partition coefficient (Wildman–Crippen LogP) is 13.1. The van der Waals surface area contributed by atoms with Gasteiger partial charge >= 0.3 is 130 Å². The molecule has 0 saturated carbocycles. The van der Waals surface area contributed by atoms with E-state index in [1.165, 1.54) is 28.5 Å². The van der Waals surface area contributed by atoms with E-state index in [0.717, 1.165) is 102 Å². The molecule has 0 aliphatic carbocycles. The van der Waals surface area contributed by atoms with Crippen LogP contribution >= 0.6 is 45.8 Å². The molecule has 9 aromatic rings. The van der Waals surface area contributed by atoms with Crippen molar-refractivity contribution in [1.82, 2.24) is 14.9 Å². The van der Waals surface area contributed by atoms with E-state index in [-0.39, 0.29) is 181 Å². The summed E-state index contributed by atoms with van der Waals surface area (Å²) in [5.74, 6) is 9.60. The number of H-pyrrole nitrogens is 1. The summed E-state index contributed by atoms with van der Waals surface area (Å²) in [5.41, 5.74) is 39.7. The molecule has 1 atom stereocenters. The van der Waals surface area contributed by atoms with Crippen molar-refractivity contribution in [2.75, 3.05) is 71.6 Å². The van der Waals surface area contributed by atoms with Gasteiger partial charge in [-0.15, -0.1) is 47.1 Å². The van der Waals surface area contributed by atoms with Crippen LogP contribution < -0.4 is 166 Å². The van der Waals surface area contributed by atoms with Crippen molar-refractivity contribution in [3.63, 3.8) is 0 Å². The second kappa shape index (κ2) is 65.0. The van der Waals surface area contributed by atoms with E-state index < -0.39 is 59.3 Å². The second-order valence-electron chi connectivity index (χ2n) is 40.7. The van der Waals surface area contributed by atoms with Crippen LogP contribution in [0.5, 0.6) is 11.5 Å². The number of ether oxygens (including phenoxy) is 2. The molecule has 13 N–H and O–H groups in total. The molecule has 3 saturated heterocycles. The molecule has 3 fully saturated rings. The van der Waals surface area contributed by atoms with Crippen LogP contribution in [0.1, 0.15) is 188 Å². The fourth-order valence-electron chi connectivity index (χ4n) is 12.1. The first-order valence-corrected chi connectivity index (χ1v) is 59.6. The number of terminal acetylenes is 2. The Labute approximate surface area is 1000 Å². The molecule has 2 amide bonds. The molecule has 4 aliphatic heterocycles. The number of aromatic nitrogens is 2. The van der Waals surface area contributed by atoms with Gasteiger partial charge in [0.1, 0.15) is 27.6 Å². The number of aliphatic hydroxyl groups is 1. The van der Waals surface area contributed by atoms with Gasteiger partial charge in [0.2, 0.25) is 31.9 Å². The molecule has 5 heterocycles. The molecule has 13 rings (SSSR count). The summed E-state index contributed by atoms with van der Waals surface area (Å²) in [6, 6.07) is 53.4. The minimum absolute atomic E-state index is 0. The van der Waals surface area contributed by atoms with Crippen molar-refractivity contribution in [2.45, 2.75) is 221 Å². The Morgan fingerprint density at radius 1 is 0.567 bits per heavy atom. The molecule has 0 spiro atoms. The van der Waals surface area contributed by atoms with Crippen LogP contribution in [-0.2, 0) is 78.1 Å². The van der Waals surface area contributed by atoms with Gasteiger partial charge in [-0.2, -0.15) is 0 Å². The number of aryl methyl sites for hydroxylation is 1. The number of alkyl halides is 2.